The number of nitrogens with zero attached hydrogens (tertiary/aromatic N) is 3. The van der Waals surface area contributed by atoms with Gasteiger partial charge in [0.15, 0.2) is 0 Å². The van der Waals surface area contributed by atoms with E-state index in [9.17, 15) is 13.2 Å². The minimum atomic E-state index is -3.83. The number of hydrogen-bond acceptors (Lipinski definition) is 6. The van der Waals surface area contributed by atoms with Gasteiger partial charge in [0.05, 0.1) is 17.9 Å². The van der Waals surface area contributed by atoms with Crippen LogP contribution in [0.2, 0.25) is 0 Å². The van der Waals surface area contributed by atoms with Crippen LogP contribution in [0, 0.1) is 0 Å². The van der Waals surface area contributed by atoms with E-state index >= 15 is 0 Å². The summed E-state index contributed by atoms with van der Waals surface area (Å²) in [6, 6.07) is 7.52. The van der Waals surface area contributed by atoms with Crippen molar-refractivity contribution in [3.8, 4) is 11.3 Å². The lowest BCUT2D eigenvalue weighted by atomic mass is 10.0. The Morgan fingerprint density at radius 3 is 2.54 bits per heavy atom. The number of hydrogen-bond donors (Lipinski definition) is 2. The van der Waals surface area contributed by atoms with E-state index < -0.39 is 10.0 Å². The van der Waals surface area contributed by atoms with Crippen LogP contribution in [0.1, 0.15) is 25.5 Å². The first kappa shape index (κ1) is 16.6. The van der Waals surface area contributed by atoms with Crippen LogP contribution in [0.25, 0.3) is 16.2 Å². The molecule has 126 valence electrons. The minimum Gasteiger partial charge on any atom is -0.350 e. The van der Waals surface area contributed by atoms with Gasteiger partial charge < -0.3 is 5.32 Å². The highest BCUT2D eigenvalue weighted by Crippen LogP contribution is 2.25. The van der Waals surface area contributed by atoms with E-state index in [2.05, 4.69) is 15.4 Å². The maximum absolute atomic E-state index is 11.3. The molecule has 2 heterocycles. The van der Waals surface area contributed by atoms with Crippen LogP contribution in [-0.2, 0) is 14.8 Å². The molecule has 0 radical (unpaired) electrons. The number of primary sulfonamides is 1. The molecule has 0 saturated heterocycles. The Bertz CT molecular complexity index is 973. The topological polar surface area (TPSA) is 119 Å². The van der Waals surface area contributed by atoms with Crippen molar-refractivity contribution >= 4 is 32.2 Å². The standard InChI is InChI=1S/C14H15N5O3S2/c1-8(16-9(2)20)10-3-5-11(6-4-10)12-7-19-13(17-12)23-14(18-19)24(15,21)22/h3-8H,1-2H3,(H,16,20)(H2,15,21,22)/t8-/m1/s1. The molecule has 0 bridgehead atoms. The first-order valence-electron chi connectivity index (χ1n) is 7.00. The molecule has 0 saturated carbocycles. The van der Waals surface area contributed by atoms with Gasteiger partial charge in [0.25, 0.3) is 10.0 Å². The molecule has 2 aromatic heterocycles. The van der Waals surface area contributed by atoms with Crippen molar-refractivity contribution in [1.29, 1.82) is 0 Å². The van der Waals surface area contributed by atoms with E-state index in [1.807, 2.05) is 31.2 Å². The summed E-state index contributed by atoms with van der Waals surface area (Å²) in [7, 11) is -3.83. The molecule has 0 fully saturated rings. The molecule has 0 unspecified atom stereocenters. The lowest BCUT2D eigenvalue weighted by Crippen LogP contribution is -2.23. The fourth-order valence-electron chi connectivity index (χ4n) is 2.27. The quantitative estimate of drug-likeness (QED) is 0.722. The lowest BCUT2D eigenvalue weighted by molar-refractivity contribution is -0.119. The van der Waals surface area contributed by atoms with Crippen LogP contribution in [0.15, 0.2) is 34.8 Å². The largest absolute Gasteiger partial charge is 0.350 e. The Morgan fingerprint density at radius 2 is 2.00 bits per heavy atom. The van der Waals surface area contributed by atoms with Gasteiger partial charge in [-0.3, -0.25) is 4.79 Å². The van der Waals surface area contributed by atoms with Crippen molar-refractivity contribution in [2.24, 2.45) is 5.14 Å². The molecule has 0 aliphatic rings. The van der Waals surface area contributed by atoms with Crippen molar-refractivity contribution < 1.29 is 13.2 Å². The Balaban J connectivity index is 1.88. The third kappa shape index (κ3) is 3.30. The van der Waals surface area contributed by atoms with Crippen molar-refractivity contribution in [3.63, 3.8) is 0 Å². The summed E-state index contributed by atoms with van der Waals surface area (Å²) >= 11 is 0.915. The third-order valence-electron chi connectivity index (χ3n) is 3.39. The van der Waals surface area contributed by atoms with E-state index in [1.54, 1.807) is 6.20 Å². The van der Waals surface area contributed by atoms with Crippen LogP contribution < -0.4 is 10.5 Å². The minimum absolute atomic E-state index is 0.0824. The predicted octanol–water partition coefficient (Wildman–Crippen LogP) is 1.30. The second-order valence-corrected chi connectivity index (χ2v) is 8.00. The molecule has 0 aliphatic heterocycles. The SMILES string of the molecule is CC(=O)N[C@H](C)c1ccc(-c2cn3nc(S(N)(=O)=O)sc3n2)cc1. The number of imidazole rings is 1. The number of nitrogens with two attached hydrogens (primary N) is 1. The maximum Gasteiger partial charge on any atom is 0.267 e. The second-order valence-electron chi connectivity index (χ2n) is 5.31. The fraction of sp³-hybridized carbons (Fsp3) is 0.214. The molecule has 24 heavy (non-hydrogen) atoms. The number of sulfonamides is 1. The molecule has 3 rings (SSSR count). The number of nitrogens with one attached hydrogen (secondary N) is 1. The number of benzene rings is 1. The smallest absolute Gasteiger partial charge is 0.267 e. The number of amides is 1. The summed E-state index contributed by atoms with van der Waals surface area (Å²) in [4.78, 5) is 15.9. The Hall–Kier alpha value is -2.30. The highest BCUT2D eigenvalue weighted by molar-refractivity contribution is 7.91. The highest BCUT2D eigenvalue weighted by Gasteiger charge is 2.17. The molecule has 1 amide bonds. The van der Waals surface area contributed by atoms with E-state index in [1.165, 1.54) is 11.4 Å². The Kier molecular flexibility index (Phi) is 4.11. The normalized spacial score (nSPS) is 13.1. The van der Waals surface area contributed by atoms with Gasteiger partial charge in [0.2, 0.25) is 15.2 Å². The molecular formula is C14H15N5O3S2. The molecule has 10 heteroatoms. The molecule has 1 atom stereocenters. The van der Waals surface area contributed by atoms with Crippen LogP contribution >= 0.6 is 11.3 Å². The maximum atomic E-state index is 11.3. The van der Waals surface area contributed by atoms with Crippen LogP contribution in [0.5, 0.6) is 0 Å². The first-order chi connectivity index (χ1) is 11.2. The molecule has 3 aromatic rings. The summed E-state index contributed by atoms with van der Waals surface area (Å²) in [5, 5.41) is 11.8. The lowest BCUT2D eigenvalue weighted by Gasteiger charge is -2.12. The number of fused-ring (bicyclic) bond motifs is 1. The van der Waals surface area contributed by atoms with Gasteiger partial charge in [-0.25, -0.2) is 23.1 Å². The van der Waals surface area contributed by atoms with Gasteiger partial charge in [-0.1, -0.05) is 35.6 Å². The molecule has 0 spiro atoms. The average Bonchev–Trinajstić information content (AvgIpc) is 3.04. The fourth-order valence-corrected chi connectivity index (χ4v) is 3.77. The summed E-state index contributed by atoms with van der Waals surface area (Å²) in [5.41, 5.74) is 2.52. The van der Waals surface area contributed by atoms with E-state index in [-0.39, 0.29) is 16.3 Å². The third-order valence-corrected chi connectivity index (χ3v) is 5.63. The van der Waals surface area contributed by atoms with Gasteiger partial charge in [-0.15, -0.1) is 5.10 Å². The van der Waals surface area contributed by atoms with Crippen molar-refractivity contribution in [3.05, 3.63) is 36.0 Å². The zero-order chi connectivity index (χ0) is 17.5. The zero-order valence-corrected chi connectivity index (χ0v) is 14.6. The van der Waals surface area contributed by atoms with E-state index in [4.69, 9.17) is 5.14 Å². The van der Waals surface area contributed by atoms with Gasteiger partial charge in [0, 0.05) is 12.5 Å². The number of aromatic nitrogens is 3. The van der Waals surface area contributed by atoms with Gasteiger partial charge in [-0.05, 0) is 12.5 Å². The average molecular weight is 365 g/mol. The molecule has 1 aromatic carbocycles. The molecule has 8 nitrogen and oxygen atoms in total. The predicted molar refractivity (Wildman–Crippen MR) is 89.9 cm³/mol. The van der Waals surface area contributed by atoms with Crippen LogP contribution in [-0.4, -0.2) is 28.9 Å². The van der Waals surface area contributed by atoms with Gasteiger partial charge in [0.1, 0.15) is 0 Å². The van der Waals surface area contributed by atoms with Crippen LogP contribution in [0.4, 0.5) is 0 Å². The Labute approximate surface area is 142 Å². The van der Waals surface area contributed by atoms with Crippen molar-refractivity contribution in [2.45, 2.75) is 24.2 Å². The van der Waals surface area contributed by atoms with Crippen molar-refractivity contribution in [1.82, 2.24) is 19.9 Å². The summed E-state index contributed by atoms with van der Waals surface area (Å²) in [6.07, 6.45) is 1.65. The molecular weight excluding hydrogens is 350 g/mol. The first-order valence-corrected chi connectivity index (χ1v) is 9.37. The summed E-state index contributed by atoms with van der Waals surface area (Å²) in [5.74, 6) is -0.0855. The van der Waals surface area contributed by atoms with Crippen LogP contribution in [0.3, 0.4) is 0 Å². The van der Waals surface area contributed by atoms with Gasteiger partial charge >= 0.3 is 0 Å². The molecule has 3 N–H and O–H groups in total. The monoisotopic (exact) mass is 365 g/mol. The van der Waals surface area contributed by atoms with Crippen molar-refractivity contribution in [2.75, 3.05) is 0 Å². The number of carbonyl (C=O) groups is 1. The second kappa shape index (κ2) is 5.96. The summed E-state index contributed by atoms with van der Waals surface area (Å²) in [6.45, 7) is 3.38. The number of carbonyl (C=O) groups excluding carboxylic acids is 1. The highest BCUT2D eigenvalue weighted by atomic mass is 32.2. The van der Waals surface area contributed by atoms with E-state index in [0.717, 1.165) is 22.5 Å². The molecule has 0 aliphatic carbocycles. The van der Waals surface area contributed by atoms with Gasteiger partial charge in [-0.2, -0.15) is 0 Å². The summed E-state index contributed by atoms with van der Waals surface area (Å²) < 4.78 is 23.8. The van der Waals surface area contributed by atoms with E-state index in [0.29, 0.717) is 10.7 Å². The number of rotatable bonds is 4. The zero-order valence-electron chi connectivity index (χ0n) is 12.9. The Morgan fingerprint density at radius 1 is 1.33 bits per heavy atom.